The standard InChI is InChI=1S/C16H24N3O/c1-13(2)15-12-19(16-14(15)4-3-5-17-16)7-6-18-8-10-20-11-9-18/h3-5,12-13,15H,6-11H2,1-2H3/q+1. The van der Waals surface area contributed by atoms with Crippen LogP contribution in [0.2, 0.25) is 0 Å². The number of fused-ring (bicyclic) bond motifs is 1. The quantitative estimate of drug-likeness (QED) is 0.785. The lowest BCUT2D eigenvalue weighted by molar-refractivity contribution is -0.438. The Morgan fingerprint density at radius 2 is 2.20 bits per heavy atom. The maximum absolute atomic E-state index is 5.40. The van der Waals surface area contributed by atoms with Crippen LogP contribution in [0.25, 0.3) is 0 Å². The van der Waals surface area contributed by atoms with Gasteiger partial charge >= 0.3 is 5.82 Å². The predicted octanol–water partition coefficient (Wildman–Crippen LogP) is 1.88. The number of morpholine rings is 1. The van der Waals surface area contributed by atoms with E-state index < -0.39 is 0 Å². The minimum atomic E-state index is 0.503. The molecule has 4 nitrogen and oxygen atoms in total. The van der Waals surface area contributed by atoms with E-state index in [-0.39, 0.29) is 0 Å². The molecule has 0 N–H and O–H groups in total. The van der Waals surface area contributed by atoms with Crippen LogP contribution >= 0.6 is 0 Å². The lowest BCUT2D eigenvalue weighted by Gasteiger charge is -2.25. The highest BCUT2D eigenvalue weighted by Gasteiger charge is 2.32. The van der Waals surface area contributed by atoms with Gasteiger partial charge in [-0.05, 0) is 23.0 Å². The van der Waals surface area contributed by atoms with Gasteiger partial charge in [0, 0.05) is 25.6 Å². The van der Waals surface area contributed by atoms with E-state index in [1.165, 1.54) is 5.56 Å². The number of hydrogen-bond donors (Lipinski definition) is 0. The highest BCUT2D eigenvalue weighted by atomic mass is 16.5. The van der Waals surface area contributed by atoms with Crippen LogP contribution in [0.5, 0.6) is 0 Å². The fourth-order valence-corrected chi connectivity index (χ4v) is 3.04. The van der Waals surface area contributed by atoms with E-state index in [0.717, 1.165) is 45.2 Å². The zero-order valence-electron chi connectivity index (χ0n) is 12.5. The van der Waals surface area contributed by atoms with Gasteiger partial charge < -0.3 is 4.74 Å². The van der Waals surface area contributed by atoms with Gasteiger partial charge in [0.25, 0.3) is 0 Å². The average molecular weight is 274 g/mol. The minimum Gasteiger partial charge on any atom is -0.379 e. The largest absolute Gasteiger partial charge is 0.379 e. The Labute approximate surface area is 121 Å². The van der Waals surface area contributed by atoms with Gasteiger partial charge in [-0.1, -0.05) is 13.8 Å². The molecule has 1 aromatic rings. The smallest absolute Gasteiger partial charge is 0.326 e. The predicted molar refractivity (Wildman–Crippen MR) is 79.9 cm³/mol. The van der Waals surface area contributed by atoms with Crippen molar-refractivity contribution in [1.82, 2.24) is 9.88 Å². The van der Waals surface area contributed by atoms with E-state index in [1.54, 1.807) is 0 Å². The van der Waals surface area contributed by atoms with Gasteiger partial charge in [0.1, 0.15) is 12.7 Å². The Morgan fingerprint density at radius 1 is 1.40 bits per heavy atom. The first kappa shape index (κ1) is 13.7. The van der Waals surface area contributed by atoms with Crippen molar-refractivity contribution in [3.05, 3.63) is 23.9 Å². The molecule has 1 saturated heterocycles. The molecule has 0 spiro atoms. The molecule has 1 atom stereocenters. The third-order valence-corrected chi connectivity index (χ3v) is 4.27. The van der Waals surface area contributed by atoms with E-state index in [0.29, 0.717) is 11.8 Å². The lowest BCUT2D eigenvalue weighted by Crippen LogP contribution is -2.39. The molecule has 0 bridgehead atoms. The summed E-state index contributed by atoms with van der Waals surface area (Å²) in [4.78, 5) is 7.06. The molecule has 0 amide bonds. The number of rotatable bonds is 4. The van der Waals surface area contributed by atoms with Crippen LogP contribution in [0.3, 0.4) is 0 Å². The maximum Gasteiger partial charge on any atom is 0.326 e. The van der Waals surface area contributed by atoms with Gasteiger partial charge in [0.05, 0.1) is 25.0 Å². The summed E-state index contributed by atoms with van der Waals surface area (Å²) < 4.78 is 7.74. The van der Waals surface area contributed by atoms with Crippen LogP contribution in [0.1, 0.15) is 25.3 Å². The number of aromatic nitrogens is 1. The molecule has 0 radical (unpaired) electrons. The summed E-state index contributed by atoms with van der Waals surface area (Å²) in [7, 11) is 0. The van der Waals surface area contributed by atoms with Crippen LogP contribution < -0.4 is 0 Å². The van der Waals surface area contributed by atoms with Gasteiger partial charge in [-0.2, -0.15) is 0 Å². The monoisotopic (exact) mass is 274 g/mol. The Hall–Kier alpha value is -1.26. The molecule has 108 valence electrons. The van der Waals surface area contributed by atoms with E-state index in [1.807, 2.05) is 12.3 Å². The average Bonchev–Trinajstić information content (AvgIpc) is 2.85. The molecule has 1 unspecified atom stereocenters. The van der Waals surface area contributed by atoms with Crippen LogP contribution in [-0.2, 0) is 4.74 Å². The topological polar surface area (TPSA) is 28.4 Å². The molecule has 2 aliphatic heterocycles. The van der Waals surface area contributed by atoms with Crippen molar-refractivity contribution in [2.75, 3.05) is 39.4 Å². The molecule has 20 heavy (non-hydrogen) atoms. The minimum absolute atomic E-state index is 0.503. The third-order valence-electron chi connectivity index (χ3n) is 4.27. The first-order valence-electron chi connectivity index (χ1n) is 7.62. The second-order valence-corrected chi connectivity index (χ2v) is 5.98. The number of nitrogens with zero attached hydrogens (tertiary/aromatic N) is 3. The second-order valence-electron chi connectivity index (χ2n) is 5.98. The summed E-state index contributed by atoms with van der Waals surface area (Å²) >= 11 is 0. The Balaban J connectivity index is 1.71. The molecule has 0 aliphatic carbocycles. The molecule has 4 heteroatoms. The normalized spacial score (nSPS) is 22.9. The SMILES string of the molecule is CC(C)C1C=[N+](CCN2CCOCC2)c2ncccc21. The molecule has 2 aliphatic rings. The van der Waals surface area contributed by atoms with Gasteiger partial charge in [0.15, 0.2) is 0 Å². The summed E-state index contributed by atoms with van der Waals surface area (Å²) in [6.07, 6.45) is 4.26. The summed E-state index contributed by atoms with van der Waals surface area (Å²) in [5.74, 6) is 2.27. The number of ether oxygens (including phenoxy) is 1. The second kappa shape index (κ2) is 6.02. The first-order valence-corrected chi connectivity index (χ1v) is 7.62. The summed E-state index contributed by atoms with van der Waals surface area (Å²) in [5.41, 5.74) is 1.38. The van der Waals surface area contributed by atoms with Crippen LogP contribution in [0.15, 0.2) is 18.3 Å². The van der Waals surface area contributed by atoms with Crippen molar-refractivity contribution in [3.63, 3.8) is 0 Å². The van der Waals surface area contributed by atoms with Gasteiger partial charge in [-0.25, -0.2) is 4.58 Å². The molecular formula is C16H24N3O+. The third kappa shape index (κ3) is 2.76. The van der Waals surface area contributed by atoms with Crippen LogP contribution in [-0.4, -0.2) is 60.1 Å². The fraction of sp³-hybridized carbons (Fsp3) is 0.625. The molecule has 1 fully saturated rings. The van der Waals surface area contributed by atoms with Gasteiger partial charge in [0.2, 0.25) is 0 Å². The number of hydrogen-bond acceptors (Lipinski definition) is 3. The molecule has 3 rings (SSSR count). The van der Waals surface area contributed by atoms with Crippen molar-refractivity contribution < 1.29 is 9.31 Å². The molecule has 0 aromatic carbocycles. The summed E-state index contributed by atoms with van der Waals surface area (Å²) in [6, 6.07) is 4.27. The Bertz CT molecular complexity index is 492. The lowest BCUT2D eigenvalue weighted by atomic mass is 9.92. The van der Waals surface area contributed by atoms with Crippen molar-refractivity contribution in [2.24, 2.45) is 5.92 Å². The van der Waals surface area contributed by atoms with Gasteiger partial charge in [-0.3, -0.25) is 4.90 Å². The Kier molecular flexibility index (Phi) is 4.13. The van der Waals surface area contributed by atoms with Crippen molar-refractivity contribution in [1.29, 1.82) is 0 Å². The molecule has 0 saturated carbocycles. The van der Waals surface area contributed by atoms with E-state index >= 15 is 0 Å². The molecule has 3 heterocycles. The van der Waals surface area contributed by atoms with Crippen molar-refractivity contribution >= 4 is 12.0 Å². The fourth-order valence-electron chi connectivity index (χ4n) is 3.04. The van der Waals surface area contributed by atoms with Crippen LogP contribution in [0.4, 0.5) is 5.82 Å². The van der Waals surface area contributed by atoms with Crippen LogP contribution in [0, 0.1) is 5.92 Å². The zero-order valence-corrected chi connectivity index (χ0v) is 12.5. The highest BCUT2D eigenvalue weighted by Crippen LogP contribution is 2.33. The number of pyridine rings is 1. The van der Waals surface area contributed by atoms with Gasteiger partial charge in [-0.15, -0.1) is 0 Å². The van der Waals surface area contributed by atoms with E-state index in [9.17, 15) is 0 Å². The van der Waals surface area contributed by atoms with E-state index in [2.05, 4.69) is 40.6 Å². The summed E-state index contributed by atoms with van der Waals surface area (Å²) in [6.45, 7) is 10.5. The van der Waals surface area contributed by atoms with E-state index in [4.69, 9.17) is 4.74 Å². The zero-order chi connectivity index (χ0) is 13.9. The summed E-state index contributed by atoms with van der Waals surface area (Å²) in [5, 5.41) is 0. The van der Waals surface area contributed by atoms with Crippen molar-refractivity contribution in [3.8, 4) is 0 Å². The highest BCUT2D eigenvalue weighted by molar-refractivity contribution is 5.71. The van der Waals surface area contributed by atoms with Crippen molar-refractivity contribution in [2.45, 2.75) is 19.8 Å². The first-order chi connectivity index (χ1) is 9.75. The molecule has 1 aromatic heterocycles. The molecular weight excluding hydrogens is 250 g/mol. The Morgan fingerprint density at radius 3 is 2.95 bits per heavy atom. The maximum atomic E-state index is 5.40.